The van der Waals surface area contributed by atoms with Gasteiger partial charge in [-0.05, 0) is 48.2 Å². The Bertz CT molecular complexity index is 536. The fourth-order valence-corrected chi connectivity index (χ4v) is 2.97. The summed E-state index contributed by atoms with van der Waals surface area (Å²) in [5.74, 6) is -1.61. The van der Waals surface area contributed by atoms with E-state index in [-0.39, 0.29) is 6.04 Å². The molecular weight excluding hydrogens is 252 g/mol. The van der Waals surface area contributed by atoms with Crippen molar-refractivity contribution in [2.75, 3.05) is 6.54 Å². The third kappa shape index (κ3) is 2.60. The van der Waals surface area contributed by atoms with E-state index in [2.05, 4.69) is 5.32 Å². The molecule has 0 aliphatic heterocycles. The summed E-state index contributed by atoms with van der Waals surface area (Å²) < 4.78 is 26.3. The molecule has 0 amide bonds. The number of thiophene rings is 1. The first-order chi connectivity index (χ1) is 8.63. The Kier molecular flexibility index (Phi) is 4.09. The maximum Gasteiger partial charge on any atom is 0.159 e. The largest absolute Gasteiger partial charge is 0.306 e. The number of rotatable bonds is 4. The molecule has 0 saturated carbocycles. The lowest BCUT2D eigenvalue weighted by atomic mass is 10.0. The molecule has 1 nitrogen and oxygen atoms in total. The maximum absolute atomic E-state index is 13.3. The third-order valence-electron chi connectivity index (χ3n) is 2.85. The molecule has 96 valence electrons. The van der Waals surface area contributed by atoms with Crippen LogP contribution in [-0.2, 0) is 0 Å². The van der Waals surface area contributed by atoms with Crippen LogP contribution in [0.15, 0.2) is 29.6 Å². The van der Waals surface area contributed by atoms with Gasteiger partial charge in [0.15, 0.2) is 11.6 Å². The van der Waals surface area contributed by atoms with E-state index in [1.807, 2.05) is 25.3 Å². The van der Waals surface area contributed by atoms with Gasteiger partial charge in [0, 0.05) is 4.88 Å². The van der Waals surface area contributed by atoms with E-state index in [1.165, 1.54) is 12.1 Å². The van der Waals surface area contributed by atoms with Crippen molar-refractivity contribution in [3.8, 4) is 0 Å². The first kappa shape index (κ1) is 13.2. The summed E-state index contributed by atoms with van der Waals surface area (Å²) in [6.07, 6.45) is 0. The highest BCUT2D eigenvalue weighted by Gasteiger charge is 2.17. The van der Waals surface area contributed by atoms with E-state index in [0.717, 1.165) is 22.5 Å². The lowest BCUT2D eigenvalue weighted by Crippen LogP contribution is -2.22. The summed E-state index contributed by atoms with van der Waals surface area (Å²) in [5.41, 5.74) is 1.91. The van der Waals surface area contributed by atoms with Crippen LogP contribution < -0.4 is 5.32 Å². The van der Waals surface area contributed by atoms with Crippen molar-refractivity contribution in [1.82, 2.24) is 5.32 Å². The summed E-state index contributed by atoms with van der Waals surface area (Å²) in [7, 11) is 0. The molecule has 2 rings (SSSR count). The molecule has 0 saturated heterocycles. The van der Waals surface area contributed by atoms with Gasteiger partial charge < -0.3 is 5.32 Å². The standard InChI is InChI=1S/C14H15F2NS/c1-3-17-13(14-9(2)6-7-18-14)10-4-5-11(15)12(16)8-10/h4-8,13,17H,3H2,1-2H3. The van der Waals surface area contributed by atoms with Gasteiger partial charge in [-0.25, -0.2) is 8.78 Å². The van der Waals surface area contributed by atoms with Gasteiger partial charge in [0.05, 0.1) is 6.04 Å². The zero-order chi connectivity index (χ0) is 13.1. The summed E-state index contributed by atoms with van der Waals surface area (Å²) >= 11 is 1.62. The quantitative estimate of drug-likeness (QED) is 0.881. The first-order valence-corrected chi connectivity index (χ1v) is 6.73. The van der Waals surface area contributed by atoms with Crippen LogP contribution in [-0.4, -0.2) is 6.54 Å². The van der Waals surface area contributed by atoms with E-state index in [0.29, 0.717) is 0 Å². The molecule has 0 spiro atoms. The third-order valence-corrected chi connectivity index (χ3v) is 3.93. The van der Waals surface area contributed by atoms with Gasteiger partial charge in [-0.2, -0.15) is 0 Å². The van der Waals surface area contributed by atoms with Gasteiger partial charge >= 0.3 is 0 Å². The zero-order valence-electron chi connectivity index (χ0n) is 10.3. The predicted octanol–water partition coefficient (Wildman–Crippen LogP) is 4.03. The molecule has 4 heteroatoms. The first-order valence-electron chi connectivity index (χ1n) is 5.85. The Labute approximate surface area is 109 Å². The predicted molar refractivity (Wildman–Crippen MR) is 70.9 cm³/mol. The number of benzene rings is 1. The average molecular weight is 267 g/mol. The van der Waals surface area contributed by atoms with Gasteiger partial charge in [-0.1, -0.05) is 13.0 Å². The fraction of sp³-hybridized carbons (Fsp3) is 0.286. The summed E-state index contributed by atoms with van der Waals surface area (Å²) in [6, 6.07) is 6.03. The van der Waals surface area contributed by atoms with Crippen LogP contribution in [0.25, 0.3) is 0 Å². The second-order valence-electron chi connectivity index (χ2n) is 4.13. The Balaban J connectivity index is 2.41. The van der Waals surface area contributed by atoms with E-state index in [1.54, 1.807) is 17.4 Å². The van der Waals surface area contributed by atoms with Crippen molar-refractivity contribution in [1.29, 1.82) is 0 Å². The van der Waals surface area contributed by atoms with Crippen molar-refractivity contribution >= 4 is 11.3 Å². The highest BCUT2D eigenvalue weighted by Crippen LogP contribution is 2.30. The van der Waals surface area contributed by atoms with E-state index in [4.69, 9.17) is 0 Å². The Morgan fingerprint density at radius 1 is 1.22 bits per heavy atom. The molecule has 1 aromatic carbocycles. The molecule has 2 aromatic rings. The van der Waals surface area contributed by atoms with Crippen LogP contribution in [0.4, 0.5) is 8.78 Å². The lowest BCUT2D eigenvalue weighted by Gasteiger charge is -2.18. The molecule has 0 radical (unpaired) electrons. The molecule has 1 N–H and O–H groups in total. The molecular formula is C14H15F2NS. The SMILES string of the molecule is CCNC(c1ccc(F)c(F)c1)c1sccc1C. The molecule has 0 fully saturated rings. The second-order valence-corrected chi connectivity index (χ2v) is 5.08. The Morgan fingerprint density at radius 3 is 2.56 bits per heavy atom. The molecule has 1 aromatic heterocycles. The Morgan fingerprint density at radius 2 is 2.00 bits per heavy atom. The molecule has 0 aliphatic carbocycles. The molecule has 1 unspecified atom stereocenters. The number of nitrogens with one attached hydrogen (secondary N) is 1. The molecule has 0 aliphatic rings. The van der Waals surface area contributed by atoms with Gasteiger partial charge in [0.1, 0.15) is 0 Å². The molecule has 1 heterocycles. The average Bonchev–Trinajstić information content (AvgIpc) is 2.76. The smallest absolute Gasteiger partial charge is 0.159 e. The van der Waals surface area contributed by atoms with Crippen molar-refractivity contribution < 1.29 is 8.78 Å². The van der Waals surface area contributed by atoms with E-state index >= 15 is 0 Å². The van der Waals surface area contributed by atoms with Crippen LogP contribution in [0, 0.1) is 18.6 Å². The Hall–Kier alpha value is -1.26. The fourth-order valence-electron chi connectivity index (χ4n) is 1.94. The van der Waals surface area contributed by atoms with E-state index < -0.39 is 11.6 Å². The minimum absolute atomic E-state index is 0.0786. The number of aryl methyl sites for hydroxylation is 1. The highest BCUT2D eigenvalue weighted by molar-refractivity contribution is 7.10. The zero-order valence-corrected chi connectivity index (χ0v) is 11.2. The van der Waals surface area contributed by atoms with E-state index in [9.17, 15) is 8.78 Å². The van der Waals surface area contributed by atoms with Crippen LogP contribution in [0.3, 0.4) is 0 Å². The second kappa shape index (κ2) is 5.59. The minimum atomic E-state index is -0.808. The van der Waals surface area contributed by atoms with Crippen molar-refractivity contribution in [3.05, 3.63) is 57.3 Å². The number of hydrogen-bond donors (Lipinski definition) is 1. The van der Waals surface area contributed by atoms with Crippen molar-refractivity contribution in [2.45, 2.75) is 19.9 Å². The summed E-state index contributed by atoms with van der Waals surface area (Å²) in [4.78, 5) is 1.14. The topological polar surface area (TPSA) is 12.0 Å². The van der Waals surface area contributed by atoms with Gasteiger partial charge in [0.25, 0.3) is 0 Å². The monoisotopic (exact) mass is 267 g/mol. The van der Waals surface area contributed by atoms with Crippen LogP contribution in [0.2, 0.25) is 0 Å². The minimum Gasteiger partial charge on any atom is -0.306 e. The normalized spacial score (nSPS) is 12.7. The van der Waals surface area contributed by atoms with Gasteiger partial charge in [-0.15, -0.1) is 11.3 Å². The van der Waals surface area contributed by atoms with Crippen LogP contribution in [0.5, 0.6) is 0 Å². The van der Waals surface area contributed by atoms with Crippen molar-refractivity contribution in [3.63, 3.8) is 0 Å². The number of hydrogen-bond acceptors (Lipinski definition) is 2. The lowest BCUT2D eigenvalue weighted by molar-refractivity contribution is 0.504. The summed E-state index contributed by atoms with van der Waals surface area (Å²) in [6.45, 7) is 4.78. The van der Waals surface area contributed by atoms with Gasteiger partial charge in [0.2, 0.25) is 0 Å². The van der Waals surface area contributed by atoms with Crippen LogP contribution >= 0.6 is 11.3 Å². The van der Waals surface area contributed by atoms with Crippen LogP contribution in [0.1, 0.15) is 29.0 Å². The van der Waals surface area contributed by atoms with Crippen molar-refractivity contribution in [2.24, 2.45) is 0 Å². The highest BCUT2D eigenvalue weighted by atomic mass is 32.1. The van der Waals surface area contributed by atoms with Gasteiger partial charge in [-0.3, -0.25) is 0 Å². The number of halogens is 2. The molecule has 1 atom stereocenters. The molecule has 18 heavy (non-hydrogen) atoms. The maximum atomic E-state index is 13.3. The summed E-state index contributed by atoms with van der Waals surface area (Å²) in [5, 5.41) is 5.32. The molecule has 0 bridgehead atoms.